The molecule has 2 atom stereocenters. The molecule has 0 aromatic carbocycles. The number of rotatable bonds is 5. The molecule has 0 spiro atoms. The van der Waals surface area contributed by atoms with Crippen LogP contribution in [0.2, 0.25) is 0 Å². The van der Waals surface area contributed by atoms with E-state index in [0.29, 0.717) is 24.5 Å². The van der Waals surface area contributed by atoms with Crippen LogP contribution in [0, 0.1) is 11.3 Å². The first-order valence-corrected chi connectivity index (χ1v) is 10.4. The number of methoxy groups -OCH3 is 1. The maximum absolute atomic E-state index is 13.4. The van der Waals surface area contributed by atoms with Crippen LogP contribution in [0.1, 0.15) is 51.9 Å². The summed E-state index contributed by atoms with van der Waals surface area (Å²) >= 11 is 0. The van der Waals surface area contributed by atoms with E-state index in [9.17, 15) is 4.79 Å². The first kappa shape index (κ1) is 25.0. The molecule has 3 heterocycles. The summed E-state index contributed by atoms with van der Waals surface area (Å²) in [6.45, 7) is 9.08. The maximum atomic E-state index is 13.4. The molecule has 3 aliphatic heterocycles. The first-order chi connectivity index (χ1) is 12.1. The van der Waals surface area contributed by atoms with E-state index in [0.717, 1.165) is 45.4 Å². The molecule has 0 radical (unpaired) electrons. The van der Waals surface area contributed by atoms with E-state index in [1.54, 1.807) is 7.11 Å². The standard InChI is InChI=1S/C20H37N3O2.2ClH/c1-17-6-3-4-12-22(17)14-18-7-5-13-23(15-18)19(24)20(16-25-2)8-10-21-11-9-20;;/h17-18,21H,3-16H2,1-2H3;2*1H. The number of carbonyl (C=O) groups excluding carboxylic acids is 1. The minimum atomic E-state index is -0.291. The second-order valence-corrected chi connectivity index (χ2v) is 8.56. The summed E-state index contributed by atoms with van der Waals surface area (Å²) in [7, 11) is 1.73. The highest BCUT2D eigenvalue weighted by Gasteiger charge is 2.43. The number of nitrogens with one attached hydrogen (secondary N) is 1. The van der Waals surface area contributed by atoms with Crippen LogP contribution in [-0.2, 0) is 9.53 Å². The second-order valence-electron chi connectivity index (χ2n) is 8.56. The fourth-order valence-corrected chi connectivity index (χ4v) is 5.10. The van der Waals surface area contributed by atoms with Crippen molar-refractivity contribution in [2.24, 2.45) is 11.3 Å². The third-order valence-corrected chi connectivity index (χ3v) is 6.67. The molecule has 160 valence electrons. The molecule has 7 heteroatoms. The topological polar surface area (TPSA) is 44.8 Å². The molecule has 1 amide bonds. The Hall–Kier alpha value is -0.0700. The van der Waals surface area contributed by atoms with Gasteiger partial charge in [0.25, 0.3) is 0 Å². The van der Waals surface area contributed by atoms with Gasteiger partial charge in [-0.2, -0.15) is 0 Å². The molecule has 5 nitrogen and oxygen atoms in total. The van der Waals surface area contributed by atoms with Gasteiger partial charge in [-0.1, -0.05) is 6.42 Å². The third kappa shape index (κ3) is 6.20. The van der Waals surface area contributed by atoms with Crippen molar-refractivity contribution in [3.05, 3.63) is 0 Å². The van der Waals surface area contributed by atoms with Crippen molar-refractivity contribution >= 4 is 30.7 Å². The molecular formula is C20H39Cl2N3O2. The van der Waals surface area contributed by atoms with Gasteiger partial charge in [0.1, 0.15) is 0 Å². The second kappa shape index (κ2) is 11.8. The van der Waals surface area contributed by atoms with Gasteiger partial charge in [0.15, 0.2) is 0 Å². The molecule has 1 N–H and O–H groups in total. The number of carbonyl (C=O) groups is 1. The SMILES string of the molecule is COCC1(C(=O)N2CCCC(CN3CCCCC3C)C2)CCNCC1.Cl.Cl. The number of ether oxygens (including phenoxy) is 1. The highest BCUT2D eigenvalue weighted by atomic mass is 35.5. The molecule has 2 unspecified atom stereocenters. The zero-order chi connectivity index (χ0) is 17.7. The van der Waals surface area contributed by atoms with E-state index in [4.69, 9.17) is 4.74 Å². The van der Waals surface area contributed by atoms with Gasteiger partial charge in [0.05, 0.1) is 12.0 Å². The highest BCUT2D eigenvalue weighted by molar-refractivity contribution is 5.85. The Morgan fingerprint density at radius 2 is 1.85 bits per heavy atom. The normalized spacial score (nSPS) is 28.7. The molecule has 27 heavy (non-hydrogen) atoms. The van der Waals surface area contributed by atoms with Crippen LogP contribution in [0.4, 0.5) is 0 Å². The van der Waals surface area contributed by atoms with Gasteiger partial charge in [-0.05, 0) is 71.0 Å². The van der Waals surface area contributed by atoms with Crippen LogP contribution >= 0.6 is 24.8 Å². The van der Waals surface area contributed by atoms with Crippen molar-refractivity contribution in [2.45, 2.75) is 57.9 Å². The molecule has 0 saturated carbocycles. The molecule has 0 bridgehead atoms. The highest BCUT2D eigenvalue weighted by Crippen LogP contribution is 2.33. The van der Waals surface area contributed by atoms with Gasteiger partial charge >= 0.3 is 0 Å². The van der Waals surface area contributed by atoms with Crippen molar-refractivity contribution in [1.29, 1.82) is 0 Å². The summed E-state index contributed by atoms with van der Waals surface area (Å²) in [6, 6.07) is 0.712. The number of halogens is 2. The largest absolute Gasteiger partial charge is 0.384 e. The summed E-state index contributed by atoms with van der Waals surface area (Å²) in [6.07, 6.45) is 8.28. The maximum Gasteiger partial charge on any atom is 0.231 e. The summed E-state index contributed by atoms with van der Waals surface area (Å²) in [5.41, 5.74) is -0.291. The van der Waals surface area contributed by atoms with Gasteiger partial charge in [0, 0.05) is 32.8 Å². The number of nitrogens with zero attached hydrogens (tertiary/aromatic N) is 2. The summed E-state index contributed by atoms with van der Waals surface area (Å²) in [5.74, 6) is 0.992. The van der Waals surface area contributed by atoms with Crippen molar-refractivity contribution in [2.75, 3.05) is 53.0 Å². The fourth-order valence-electron chi connectivity index (χ4n) is 5.10. The average Bonchev–Trinajstić information content (AvgIpc) is 2.64. The van der Waals surface area contributed by atoms with Gasteiger partial charge in [-0.25, -0.2) is 0 Å². The predicted octanol–water partition coefficient (Wildman–Crippen LogP) is 2.96. The molecule has 3 fully saturated rings. The lowest BCUT2D eigenvalue weighted by Crippen LogP contribution is -2.54. The fraction of sp³-hybridized carbons (Fsp3) is 0.950. The minimum absolute atomic E-state index is 0. The Morgan fingerprint density at radius 1 is 1.11 bits per heavy atom. The number of hydrogen-bond donors (Lipinski definition) is 1. The Morgan fingerprint density at radius 3 is 2.52 bits per heavy atom. The summed E-state index contributed by atoms with van der Waals surface area (Å²) < 4.78 is 5.48. The zero-order valence-electron chi connectivity index (χ0n) is 17.1. The van der Waals surface area contributed by atoms with E-state index in [-0.39, 0.29) is 30.2 Å². The van der Waals surface area contributed by atoms with Crippen LogP contribution in [0.25, 0.3) is 0 Å². The van der Waals surface area contributed by atoms with Gasteiger partial charge in [0.2, 0.25) is 5.91 Å². The lowest BCUT2D eigenvalue weighted by molar-refractivity contribution is -0.149. The molecule has 3 rings (SSSR count). The van der Waals surface area contributed by atoms with E-state index >= 15 is 0 Å². The van der Waals surface area contributed by atoms with Crippen molar-refractivity contribution in [3.63, 3.8) is 0 Å². The van der Waals surface area contributed by atoms with E-state index < -0.39 is 0 Å². The van der Waals surface area contributed by atoms with Crippen molar-refractivity contribution in [1.82, 2.24) is 15.1 Å². The molecule has 0 aliphatic carbocycles. The summed E-state index contributed by atoms with van der Waals surface area (Å²) in [4.78, 5) is 18.2. The predicted molar refractivity (Wildman–Crippen MR) is 115 cm³/mol. The number of piperidine rings is 3. The van der Waals surface area contributed by atoms with Crippen molar-refractivity contribution in [3.8, 4) is 0 Å². The number of amides is 1. The van der Waals surface area contributed by atoms with Crippen LogP contribution in [0.15, 0.2) is 0 Å². The lowest BCUT2D eigenvalue weighted by atomic mass is 9.77. The van der Waals surface area contributed by atoms with Gasteiger partial charge < -0.3 is 19.9 Å². The Balaban J connectivity index is 0.00000182. The van der Waals surface area contributed by atoms with Crippen LogP contribution in [0.3, 0.4) is 0 Å². The number of hydrogen-bond acceptors (Lipinski definition) is 4. The lowest BCUT2D eigenvalue weighted by Gasteiger charge is -2.44. The minimum Gasteiger partial charge on any atom is -0.384 e. The number of likely N-dealkylation sites (tertiary alicyclic amines) is 2. The smallest absolute Gasteiger partial charge is 0.231 e. The van der Waals surface area contributed by atoms with Crippen LogP contribution in [-0.4, -0.2) is 74.7 Å². The Bertz CT molecular complexity index is 441. The monoisotopic (exact) mass is 423 g/mol. The van der Waals surface area contributed by atoms with Crippen LogP contribution in [0.5, 0.6) is 0 Å². The van der Waals surface area contributed by atoms with Gasteiger partial charge in [-0.15, -0.1) is 24.8 Å². The Kier molecular flexibility index (Phi) is 10.9. The quantitative estimate of drug-likeness (QED) is 0.737. The summed E-state index contributed by atoms with van der Waals surface area (Å²) in [5, 5.41) is 3.39. The molecule has 0 aromatic heterocycles. The Labute approximate surface area is 177 Å². The van der Waals surface area contributed by atoms with Crippen molar-refractivity contribution < 1.29 is 9.53 Å². The molecule has 0 aromatic rings. The van der Waals surface area contributed by atoms with Gasteiger partial charge in [-0.3, -0.25) is 4.79 Å². The average molecular weight is 424 g/mol. The molecular weight excluding hydrogens is 385 g/mol. The van der Waals surface area contributed by atoms with E-state index in [1.807, 2.05) is 0 Å². The van der Waals surface area contributed by atoms with E-state index in [2.05, 4.69) is 22.0 Å². The van der Waals surface area contributed by atoms with E-state index in [1.165, 1.54) is 38.8 Å². The van der Waals surface area contributed by atoms with Crippen LogP contribution < -0.4 is 5.32 Å². The third-order valence-electron chi connectivity index (χ3n) is 6.67. The molecule has 3 saturated heterocycles. The molecule has 3 aliphatic rings. The zero-order valence-corrected chi connectivity index (χ0v) is 18.7. The first-order valence-electron chi connectivity index (χ1n) is 10.4.